The number of aliphatic hydroxyl groups excluding tert-OH is 1. The monoisotopic (exact) mass is 276 g/mol. The summed E-state index contributed by atoms with van der Waals surface area (Å²) in [5, 5.41) is 9.06. The highest BCUT2D eigenvalue weighted by molar-refractivity contribution is 7.89. The van der Waals surface area contributed by atoms with Crippen LogP contribution in [0.4, 0.5) is 0 Å². The van der Waals surface area contributed by atoms with Gasteiger partial charge in [-0.2, -0.15) is 0 Å². The molecule has 1 heterocycles. The molecule has 18 heavy (non-hydrogen) atoms. The van der Waals surface area contributed by atoms with Gasteiger partial charge in [-0.25, -0.2) is 13.1 Å². The summed E-state index contributed by atoms with van der Waals surface area (Å²) >= 11 is 0. The van der Waals surface area contributed by atoms with Crippen molar-refractivity contribution < 1.29 is 18.3 Å². The van der Waals surface area contributed by atoms with Crippen LogP contribution < -0.4 is 10.2 Å². The minimum absolute atomic E-state index is 0.304. The molecule has 0 aromatic carbocycles. The molecule has 0 amide bonds. The lowest BCUT2D eigenvalue weighted by atomic mass is 10.2. The number of aromatic amines is 1. The molecule has 0 bridgehead atoms. The van der Waals surface area contributed by atoms with Crippen LogP contribution in [-0.2, 0) is 14.8 Å². The maximum absolute atomic E-state index is 11.9. The number of nitrogens with one attached hydrogen (secondary N) is 2. The van der Waals surface area contributed by atoms with Crippen molar-refractivity contribution in [2.75, 3.05) is 20.3 Å². The first-order valence-electron chi connectivity index (χ1n) is 5.30. The Labute approximate surface area is 105 Å². The van der Waals surface area contributed by atoms with Crippen LogP contribution >= 0.6 is 0 Å². The summed E-state index contributed by atoms with van der Waals surface area (Å²) in [4.78, 5) is 13.6. The Morgan fingerprint density at radius 1 is 1.56 bits per heavy atom. The van der Waals surface area contributed by atoms with Gasteiger partial charge >= 0.3 is 0 Å². The van der Waals surface area contributed by atoms with E-state index in [9.17, 15) is 13.2 Å². The third kappa shape index (κ3) is 3.91. The number of pyridine rings is 1. The highest BCUT2D eigenvalue weighted by atomic mass is 32.2. The van der Waals surface area contributed by atoms with E-state index in [4.69, 9.17) is 9.84 Å². The topological polar surface area (TPSA) is 108 Å². The molecular formula is C10H16N2O5S. The highest BCUT2D eigenvalue weighted by Gasteiger charge is 2.21. The number of hydrogen-bond donors (Lipinski definition) is 3. The van der Waals surface area contributed by atoms with Gasteiger partial charge in [0.15, 0.2) is 0 Å². The Kier molecular flexibility index (Phi) is 5.48. The summed E-state index contributed by atoms with van der Waals surface area (Å²) in [6.45, 7) is -0.0633. The van der Waals surface area contributed by atoms with Crippen LogP contribution in [0, 0.1) is 0 Å². The first-order chi connectivity index (χ1) is 8.51. The molecule has 0 fully saturated rings. The van der Waals surface area contributed by atoms with Gasteiger partial charge in [0.1, 0.15) is 4.90 Å². The fourth-order valence-electron chi connectivity index (χ4n) is 1.34. The van der Waals surface area contributed by atoms with E-state index in [1.54, 1.807) is 0 Å². The van der Waals surface area contributed by atoms with Gasteiger partial charge in [0.05, 0.1) is 6.61 Å². The molecule has 1 atom stereocenters. The van der Waals surface area contributed by atoms with Crippen LogP contribution in [-0.4, -0.2) is 44.9 Å². The van der Waals surface area contributed by atoms with Gasteiger partial charge < -0.3 is 14.8 Å². The zero-order valence-corrected chi connectivity index (χ0v) is 10.7. The van der Waals surface area contributed by atoms with Gasteiger partial charge in [0, 0.05) is 38.2 Å². The minimum Gasteiger partial charge on any atom is -0.395 e. The molecule has 3 N–H and O–H groups in total. The van der Waals surface area contributed by atoms with Crippen molar-refractivity contribution in [1.29, 1.82) is 0 Å². The first-order valence-corrected chi connectivity index (χ1v) is 6.79. The Morgan fingerprint density at radius 3 is 2.83 bits per heavy atom. The zero-order valence-electron chi connectivity index (χ0n) is 9.92. The number of ether oxygens (including phenoxy) is 1. The van der Waals surface area contributed by atoms with Crippen molar-refractivity contribution in [2.24, 2.45) is 0 Å². The standard InChI is InChI=1S/C10H16N2O5S/c1-17-5-3-8(7-13)12-18(15,16)10-6-11-4-2-9(10)14/h2,4,6,8,12-13H,3,5,7H2,1H3,(H,11,14). The summed E-state index contributed by atoms with van der Waals surface area (Å²) in [6, 6.07) is 0.437. The maximum atomic E-state index is 11.9. The Bertz CT molecular complexity index is 525. The Balaban J connectivity index is 2.88. The minimum atomic E-state index is -3.94. The molecule has 1 unspecified atom stereocenters. The average Bonchev–Trinajstić information content (AvgIpc) is 2.34. The van der Waals surface area contributed by atoms with Gasteiger partial charge in [0.25, 0.3) is 0 Å². The van der Waals surface area contributed by atoms with Crippen LogP contribution in [0.3, 0.4) is 0 Å². The molecule has 0 spiro atoms. The van der Waals surface area contributed by atoms with E-state index in [0.717, 1.165) is 12.3 Å². The van der Waals surface area contributed by atoms with Gasteiger partial charge in [-0.05, 0) is 6.42 Å². The quantitative estimate of drug-likeness (QED) is 0.595. The van der Waals surface area contributed by atoms with Crippen LogP contribution in [0.2, 0.25) is 0 Å². The number of rotatable bonds is 7. The fourth-order valence-corrected chi connectivity index (χ4v) is 2.66. The predicted molar refractivity (Wildman–Crippen MR) is 64.8 cm³/mol. The largest absolute Gasteiger partial charge is 0.395 e. The molecule has 0 aliphatic heterocycles. The van der Waals surface area contributed by atoms with Gasteiger partial charge in [0.2, 0.25) is 15.5 Å². The molecule has 1 aromatic rings. The third-order valence-corrected chi connectivity index (χ3v) is 3.83. The second-order valence-corrected chi connectivity index (χ2v) is 5.34. The van der Waals surface area contributed by atoms with Crippen LogP contribution in [0.1, 0.15) is 6.42 Å². The summed E-state index contributed by atoms with van der Waals surface area (Å²) in [5.41, 5.74) is -0.607. The number of sulfonamides is 1. The molecule has 0 saturated carbocycles. The Hall–Kier alpha value is -1.22. The zero-order chi connectivity index (χ0) is 13.6. The molecule has 8 heteroatoms. The summed E-state index contributed by atoms with van der Waals surface area (Å²) in [7, 11) is -2.46. The van der Waals surface area contributed by atoms with Crippen molar-refractivity contribution in [1.82, 2.24) is 9.71 Å². The molecule has 7 nitrogen and oxygen atoms in total. The van der Waals surface area contributed by atoms with Crippen LogP contribution in [0.5, 0.6) is 0 Å². The van der Waals surface area contributed by atoms with E-state index in [2.05, 4.69) is 9.71 Å². The molecule has 0 saturated heterocycles. The number of hydrogen-bond acceptors (Lipinski definition) is 5. The normalized spacial score (nSPS) is 13.4. The Morgan fingerprint density at radius 2 is 2.28 bits per heavy atom. The first kappa shape index (κ1) is 14.8. The molecule has 0 radical (unpaired) electrons. The summed E-state index contributed by atoms with van der Waals surface area (Å²) in [5.74, 6) is 0. The predicted octanol–water partition coefficient (Wildman–Crippen LogP) is -0.949. The second-order valence-electron chi connectivity index (χ2n) is 3.66. The molecule has 0 aliphatic rings. The van der Waals surface area contributed by atoms with Crippen LogP contribution in [0.25, 0.3) is 0 Å². The van der Waals surface area contributed by atoms with E-state index in [1.807, 2.05) is 0 Å². The number of aliphatic hydroxyl groups is 1. The fraction of sp³-hybridized carbons (Fsp3) is 0.500. The van der Waals surface area contributed by atoms with E-state index < -0.39 is 21.5 Å². The molecule has 1 aromatic heterocycles. The van der Waals surface area contributed by atoms with E-state index >= 15 is 0 Å². The average molecular weight is 276 g/mol. The maximum Gasteiger partial charge on any atom is 0.246 e. The third-order valence-electron chi connectivity index (χ3n) is 2.29. The van der Waals surface area contributed by atoms with Crippen LogP contribution in [0.15, 0.2) is 28.2 Å². The SMILES string of the molecule is COCCC(CO)NS(=O)(=O)c1c[nH]ccc1=O. The van der Waals surface area contributed by atoms with Crippen molar-refractivity contribution in [3.05, 3.63) is 28.7 Å². The number of methoxy groups -OCH3 is 1. The highest BCUT2D eigenvalue weighted by Crippen LogP contribution is 2.03. The smallest absolute Gasteiger partial charge is 0.246 e. The van der Waals surface area contributed by atoms with E-state index in [-0.39, 0.29) is 11.5 Å². The summed E-state index contributed by atoms with van der Waals surface area (Å²) in [6.07, 6.45) is 2.77. The van der Waals surface area contributed by atoms with Gasteiger partial charge in [-0.3, -0.25) is 4.79 Å². The lowest BCUT2D eigenvalue weighted by Gasteiger charge is -2.15. The number of H-pyrrole nitrogens is 1. The second kappa shape index (κ2) is 6.64. The molecule has 1 rings (SSSR count). The molecule has 102 valence electrons. The van der Waals surface area contributed by atoms with Crippen molar-refractivity contribution in [2.45, 2.75) is 17.4 Å². The lowest BCUT2D eigenvalue weighted by Crippen LogP contribution is -2.39. The van der Waals surface area contributed by atoms with Gasteiger partial charge in [-0.15, -0.1) is 0 Å². The van der Waals surface area contributed by atoms with Gasteiger partial charge in [-0.1, -0.05) is 0 Å². The van der Waals surface area contributed by atoms with Crippen molar-refractivity contribution in [3.63, 3.8) is 0 Å². The van der Waals surface area contributed by atoms with Crippen molar-refractivity contribution >= 4 is 10.0 Å². The summed E-state index contributed by atoms with van der Waals surface area (Å²) < 4.78 is 30.9. The lowest BCUT2D eigenvalue weighted by molar-refractivity contribution is 0.166. The molecule has 0 aliphatic carbocycles. The molecular weight excluding hydrogens is 260 g/mol. The van der Waals surface area contributed by atoms with E-state index in [1.165, 1.54) is 13.3 Å². The number of aromatic nitrogens is 1. The van der Waals surface area contributed by atoms with E-state index in [0.29, 0.717) is 13.0 Å². The van der Waals surface area contributed by atoms with Crippen molar-refractivity contribution in [3.8, 4) is 0 Å².